The van der Waals surface area contributed by atoms with Crippen LogP contribution in [0.4, 0.5) is 4.39 Å². The van der Waals surface area contributed by atoms with Crippen molar-refractivity contribution in [1.82, 2.24) is 15.3 Å². The lowest BCUT2D eigenvalue weighted by Crippen LogP contribution is -2.57. The molecule has 0 unspecified atom stereocenters. The SMILES string of the molecule is C=C[C@@H]1C[C@@]1(NC(=O)[C@@H]1C[C@@H](ON=C2c3ccccc3-c3ccccc32)CN1C(=O)[C@@H](C(C)C)N(O)C(=O)c1ccccc1F)C(=O)O. The molecule has 48 heavy (non-hydrogen) atoms. The van der Waals surface area contributed by atoms with Gasteiger partial charge in [0.05, 0.1) is 12.1 Å². The van der Waals surface area contributed by atoms with E-state index in [1.165, 1.54) is 29.2 Å². The molecular formula is C36H35FN4O7. The minimum Gasteiger partial charge on any atom is -0.479 e. The Morgan fingerprint density at radius 2 is 1.60 bits per heavy atom. The summed E-state index contributed by atoms with van der Waals surface area (Å²) in [6.45, 7) is 6.69. The highest BCUT2D eigenvalue weighted by Gasteiger charge is 2.61. The molecule has 1 heterocycles. The first-order valence-corrected chi connectivity index (χ1v) is 15.7. The van der Waals surface area contributed by atoms with Gasteiger partial charge in [-0.05, 0) is 35.6 Å². The van der Waals surface area contributed by atoms with Gasteiger partial charge in [-0.1, -0.05) is 85.7 Å². The second kappa shape index (κ2) is 12.7. The molecule has 12 heteroatoms. The third kappa shape index (κ3) is 5.62. The van der Waals surface area contributed by atoms with Crippen LogP contribution in [0, 0.1) is 17.7 Å². The van der Waals surface area contributed by atoms with E-state index in [2.05, 4.69) is 17.1 Å². The largest absolute Gasteiger partial charge is 0.479 e. The van der Waals surface area contributed by atoms with Gasteiger partial charge in [0.25, 0.3) is 5.91 Å². The number of nitrogens with zero attached hydrogens (tertiary/aromatic N) is 3. The first-order valence-electron chi connectivity index (χ1n) is 15.7. The fourth-order valence-electron chi connectivity index (χ4n) is 6.63. The van der Waals surface area contributed by atoms with Crippen molar-refractivity contribution in [2.45, 2.75) is 50.4 Å². The van der Waals surface area contributed by atoms with Crippen molar-refractivity contribution in [3.05, 3.63) is 108 Å². The Morgan fingerprint density at radius 3 is 2.15 bits per heavy atom. The molecule has 3 aromatic carbocycles. The number of aliphatic carboxylic acids is 1. The summed E-state index contributed by atoms with van der Waals surface area (Å²) in [6, 6.07) is 17.8. The number of hydrogen-bond donors (Lipinski definition) is 3. The predicted octanol–water partition coefficient (Wildman–Crippen LogP) is 4.25. The Bertz CT molecular complexity index is 1800. The van der Waals surface area contributed by atoms with Crippen LogP contribution in [0.1, 0.15) is 48.2 Å². The number of likely N-dealkylation sites (tertiary alicyclic amines) is 1. The van der Waals surface area contributed by atoms with Gasteiger partial charge in [0.2, 0.25) is 11.8 Å². The zero-order valence-electron chi connectivity index (χ0n) is 26.4. The summed E-state index contributed by atoms with van der Waals surface area (Å²) in [5, 5.41) is 28.3. The number of nitrogens with one attached hydrogen (secondary N) is 1. The highest BCUT2D eigenvalue weighted by molar-refractivity contribution is 6.24. The molecule has 3 aromatic rings. The summed E-state index contributed by atoms with van der Waals surface area (Å²) in [6.07, 6.45) is 0.733. The van der Waals surface area contributed by atoms with Crippen LogP contribution in [-0.2, 0) is 19.2 Å². The van der Waals surface area contributed by atoms with Crippen molar-refractivity contribution in [1.29, 1.82) is 0 Å². The Hall–Kier alpha value is -5.36. The van der Waals surface area contributed by atoms with Gasteiger partial charge < -0.3 is 20.2 Å². The van der Waals surface area contributed by atoms with Crippen molar-refractivity contribution in [2.24, 2.45) is 17.0 Å². The number of halogens is 1. The van der Waals surface area contributed by atoms with Crippen LogP contribution in [0.5, 0.6) is 0 Å². The van der Waals surface area contributed by atoms with Gasteiger partial charge in [0.1, 0.15) is 35.3 Å². The van der Waals surface area contributed by atoms with Crippen LogP contribution in [0.15, 0.2) is 90.6 Å². The van der Waals surface area contributed by atoms with E-state index in [1.54, 1.807) is 13.8 Å². The van der Waals surface area contributed by atoms with E-state index in [-0.39, 0.29) is 24.4 Å². The number of carbonyl (C=O) groups is 4. The Labute approximate surface area is 276 Å². The van der Waals surface area contributed by atoms with E-state index in [0.717, 1.165) is 28.3 Å². The zero-order chi connectivity index (χ0) is 34.3. The Morgan fingerprint density at radius 1 is 1.02 bits per heavy atom. The van der Waals surface area contributed by atoms with E-state index in [4.69, 9.17) is 4.84 Å². The quantitative estimate of drug-likeness (QED) is 0.132. The van der Waals surface area contributed by atoms with Crippen LogP contribution < -0.4 is 5.32 Å². The standard InChI is InChI=1S/C36H35FN4O7/c1-4-21-18-36(21,35(45)46)38-32(42)29-17-22(48-39-30-25-13-7-5-11-23(25)24-12-6-8-14-26(24)30)19-40(29)34(44)31(20(2)3)41(47)33(43)27-15-9-10-16-28(27)37/h4-16,20-22,29,31,47H,1,17-19H2,2-3H3,(H,38,42)(H,45,46)/t21-,22-,29+,31-,36+/m1/s1. The molecule has 11 nitrogen and oxygen atoms in total. The molecule has 248 valence electrons. The minimum absolute atomic E-state index is 0.0520. The molecule has 1 saturated heterocycles. The van der Waals surface area contributed by atoms with Crippen LogP contribution in [-0.4, -0.2) is 80.0 Å². The molecule has 0 bridgehead atoms. The molecule has 0 spiro atoms. The maximum atomic E-state index is 14.5. The maximum Gasteiger partial charge on any atom is 0.330 e. The van der Waals surface area contributed by atoms with Crippen molar-refractivity contribution in [3.8, 4) is 11.1 Å². The fraction of sp³-hybridized carbons (Fsp3) is 0.306. The van der Waals surface area contributed by atoms with E-state index in [0.29, 0.717) is 5.71 Å². The summed E-state index contributed by atoms with van der Waals surface area (Å²) in [5.41, 5.74) is 2.27. The third-order valence-corrected chi connectivity index (χ3v) is 9.28. The summed E-state index contributed by atoms with van der Waals surface area (Å²) >= 11 is 0. The van der Waals surface area contributed by atoms with Gasteiger partial charge >= 0.3 is 5.97 Å². The molecule has 6 rings (SSSR count). The summed E-state index contributed by atoms with van der Waals surface area (Å²) in [4.78, 5) is 60.5. The molecule has 1 aliphatic heterocycles. The fourth-order valence-corrected chi connectivity index (χ4v) is 6.63. The second-order valence-electron chi connectivity index (χ2n) is 12.6. The highest BCUT2D eigenvalue weighted by Crippen LogP contribution is 2.45. The van der Waals surface area contributed by atoms with E-state index in [9.17, 15) is 33.9 Å². The maximum absolute atomic E-state index is 14.5. The van der Waals surface area contributed by atoms with Gasteiger partial charge in [-0.2, -0.15) is 0 Å². The van der Waals surface area contributed by atoms with E-state index < -0.39 is 70.6 Å². The number of hydrogen-bond acceptors (Lipinski definition) is 7. The lowest BCUT2D eigenvalue weighted by atomic mass is 10.0. The number of amides is 3. The summed E-state index contributed by atoms with van der Waals surface area (Å²) in [7, 11) is 0. The van der Waals surface area contributed by atoms with Crippen LogP contribution in [0.3, 0.4) is 0 Å². The predicted molar refractivity (Wildman–Crippen MR) is 172 cm³/mol. The van der Waals surface area contributed by atoms with E-state index in [1.807, 2.05) is 48.5 Å². The van der Waals surface area contributed by atoms with Crippen molar-refractivity contribution in [2.75, 3.05) is 6.54 Å². The number of rotatable bonds is 10. The highest BCUT2D eigenvalue weighted by atomic mass is 19.1. The van der Waals surface area contributed by atoms with Gasteiger partial charge in [-0.3, -0.25) is 19.6 Å². The molecule has 1 saturated carbocycles. The molecule has 2 fully saturated rings. The van der Waals surface area contributed by atoms with Crippen molar-refractivity contribution < 1.29 is 38.7 Å². The monoisotopic (exact) mass is 654 g/mol. The van der Waals surface area contributed by atoms with Gasteiger partial charge in [-0.25, -0.2) is 14.2 Å². The smallest absolute Gasteiger partial charge is 0.330 e. The second-order valence-corrected chi connectivity index (χ2v) is 12.6. The van der Waals surface area contributed by atoms with Crippen LogP contribution in [0.25, 0.3) is 11.1 Å². The zero-order valence-corrected chi connectivity index (χ0v) is 26.4. The Kier molecular flexibility index (Phi) is 8.61. The molecule has 5 atom stereocenters. The normalized spacial score (nSPS) is 22.7. The molecule has 2 aliphatic carbocycles. The third-order valence-electron chi connectivity index (χ3n) is 9.28. The number of benzene rings is 3. The van der Waals surface area contributed by atoms with Crippen LogP contribution in [0.2, 0.25) is 0 Å². The van der Waals surface area contributed by atoms with Crippen molar-refractivity contribution >= 4 is 29.4 Å². The van der Waals surface area contributed by atoms with Crippen LogP contribution >= 0.6 is 0 Å². The molecule has 3 N–H and O–H groups in total. The lowest BCUT2D eigenvalue weighted by Gasteiger charge is -2.34. The average molecular weight is 655 g/mol. The van der Waals surface area contributed by atoms with E-state index >= 15 is 0 Å². The number of fused-ring (bicyclic) bond motifs is 3. The number of carboxylic acids is 1. The molecular weight excluding hydrogens is 619 g/mol. The van der Waals surface area contributed by atoms with Gasteiger partial charge in [0.15, 0.2) is 0 Å². The first kappa shape index (κ1) is 32.6. The number of carbonyl (C=O) groups excluding carboxylic acids is 3. The number of oxime groups is 1. The Balaban J connectivity index is 1.30. The first-order chi connectivity index (χ1) is 23.0. The van der Waals surface area contributed by atoms with Gasteiger partial charge in [-0.15, -0.1) is 6.58 Å². The molecule has 0 aromatic heterocycles. The van der Waals surface area contributed by atoms with Gasteiger partial charge in [0, 0.05) is 23.5 Å². The summed E-state index contributed by atoms with van der Waals surface area (Å²) < 4.78 is 14.5. The topological polar surface area (TPSA) is 149 Å². The lowest BCUT2D eigenvalue weighted by molar-refractivity contribution is -0.159. The summed E-state index contributed by atoms with van der Waals surface area (Å²) in [5.74, 6) is -5.95. The molecule has 3 aliphatic rings. The number of carboxylic acid groups (broad SMARTS) is 1. The van der Waals surface area contributed by atoms with Crippen molar-refractivity contribution in [3.63, 3.8) is 0 Å². The molecule has 3 amide bonds. The average Bonchev–Trinajstić information content (AvgIpc) is 3.47. The minimum atomic E-state index is -1.56. The molecule has 0 radical (unpaired) electrons. The number of hydroxylamine groups is 2.